The van der Waals surface area contributed by atoms with E-state index in [2.05, 4.69) is 29.6 Å². The molecule has 0 fully saturated rings. The number of nitrogens with one attached hydrogen (secondary N) is 1. The molecule has 0 heterocycles. The van der Waals surface area contributed by atoms with Gasteiger partial charge < -0.3 is 5.32 Å². The van der Waals surface area contributed by atoms with Crippen LogP contribution in [0.15, 0.2) is 54.6 Å². The molecule has 1 unspecified atom stereocenters. The largest absolute Gasteiger partial charge is 0.370 e. The fraction of sp³-hybridized carbons (Fsp3) is 0.188. The molecule has 0 radical (unpaired) electrons. The van der Waals surface area contributed by atoms with E-state index in [0.29, 0.717) is 0 Å². The average Bonchev–Trinajstić information content (AvgIpc) is 2.42. The van der Waals surface area contributed by atoms with E-state index in [1.54, 1.807) is 0 Å². The summed E-state index contributed by atoms with van der Waals surface area (Å²) in [6, 6.07) is 20.5. The van der Waals surface area contributed by atoms with Crippen LogP contribution in [0.25, 0.3) is 0 Å². The molecule has 0 aliphatic rings. The molecule has 18 heavy (non-hydrogen) atoms. The molecule has 0 aliphatic carbocycles. The number of nitrogens with zero attached hydrogens (tertiary/aromatic N) is 1. The lowest BCUT2D eigenvalue weighted by atomic mass is 10.0. The highest BCUT2D eigenvalue weighted by atomic mass is 14.9. The number of rotatable bonds is 4. The first-order chi connectivity index (χ1) is 8.79. The second kappa shape index (κ2) is 5.88. The lowest BCUT2D eigenvalue weighted by Crippen LogP contribution is -2.13. The number of hydrogen-bond acceptors (Lipinski definition) is 2. The summed E-state index contributed by atoms with van der Waals surface area (Å²) in [4.78, 5) is 0. The van der Waals surface area contributed by atoms with Crippen molar-refractivity contribution in [3.05, 3.63) is 65.7 Å². The normalized spacial score (nSPS) is 11.6. The molecule has 2 aromatic rings. The van der Waals surface area contributed by atoms with Gasteiger partial charge in [-0.25, -0.2) is 0 Å². The van der Waals surface area contributed by atoms with Gasteiger partial charge in [-0.15, -0.1) is 0 Å². The van der Waals surface area contributed by atoms with Crippen LogP contribution in [0.2, 0.25) is 0 Å². The molecule has 0 bridgehead atoms. The lowest BCUT2D eigenvalue weighted by Gasteiger charge is -2.13. The zero-order chi connectivity index (χ0) is 12.8. The number of anilines is 1. The Bertz CT molecular complexity index is 541. The van der Waals surface area contributed by atoms with Crippen LogP contribution in [0.1, 0.15) is 18.1 Å². The van der Waals surface area contributed by atoms with E-state index in [1.807, 2.05) is 43.3 Å². The van der Waals surface area contributed by atoms with Gasteiger partial charge in [0.15, 0.2) is 0 Å². The molecule has 2 heteroatoms. The van der Waals surface area contributed by atoms with Crippen LogP contribution in [-0.2, 0) is 6.42 Å². The second-order valence-corrected chi connectivity index (χ2v) is 4.31. The Morgan fingerprint density at radius 2 is 1.72 bits per heavy atom. The average molecular weight is 236 g/mol. The molecule has 0 aliphatic heterocycles. The first-order valence-electron chi connectivity index (χ1n) is 6.07. The van der Waals surface area contributed by atoms with Crippen molar-refractivity contribution in [2.45, 2.75) is 19.4 Å². The van der Waals surface area contributed by atoms with Crippen molar-refractivity contribution in [3.8, 4) is 6.07 Å². The Balaban J connectivity index is 2.20. The van der Waals surface area contributed by atoms with Crippen LogP contribution in [0.5, 0.6) is 0 Å². The summed E-state index contributed by atoms with van der Waals surface area (Å²) in [7, 11) is 0. The summed E-state index contributed by atoms with van der Waals surface area (Å²) in [6.45, 7) is 1.86. The number of benzene rings is 2. The van der Waals surface area contributed by atoms with Crippen LogP contribution >= 0.6 is 0 Å². The summed E-state index contributed by atoms with van der Waals surface area (Å²) >= 11 is 0. The van der Waals surface area contributed by atoms with Gasteiger partial charge >= 0.3 is 0 Å². The van der Waals surface area contributed by atoms with Crippen molar-refractivity contribution >= 4 is 5.69 Å². The van der Waals surface area contributed by atoms with E-state index >= 15 is 0 Å². The zero-order valence-electron chi connectivity index (χ0n) is 10.4. The predicted octanol–water partition coefficient (Wildman–Crippen LogP) is 3.60. The fourth-order valence-electron chi connectivity index (χ4n) is 1.90. The summed E-state index contributed by atoms with van der Waals surface area (Å²) < 4.78 is 0. The molecule has 0 spiro atoms. The van der Waals surface area contributed by atoms with Crippen molar-refractivity contribution in [2.75, 3.05) is 5.32 Å². The smallest absolute Gasteiger partial charge is 0.111 e. The van der Waals surface area contributed by atoms with Gasteiger partial charge in [-0.05, 0) is 30.5 Å². The minimum atomic E-state index is -0.179. The Kier molecular flexibility index (Phi) is 3.98. The summed E-state index contributed by atoms with van der Waals surface area (Å²) in [5.41, 5.74) is 3.53. The van der Waals surface area contributed by atoms with E-state index in [0.717, 1.165) is 12.1 Å². The van der Waals surface area contributed by atoms with Crippen LogP contribution in [0, 0.1) is 11.3 Å². The molecule has 90 valence electrons. The van der Waals surface area contributed by atoms with Crippen molar-refractivity contribution in [1.82, 2.24) is 0 Å². The minimum Gasteiger partial charge on any atom is -0.370 e. The van der Waals surface area contributed by atoms with E-state index in [1.165, 1.54) is 11.1 Å². The molecule has 1 atom stereocenters. The van der Waals surface area contributed by atoms with Crippen molar-refractivity contribution in [3.63, 3.8) is 0 Å². The molecule has 0 saturated carbocycles. The van der Waals surface area contributed by atoms with Crippen molar-refractivity contribution < 1.29 is 0 Å². The van der Waals surface area contributed by atoms with Crippen LogP contribution in [0.4, 0.5) is 5.69 Å². The molecular weight excluding hydrogens is 220 g/mol. The molecule has 2 aromatic carbocycles. The first kappa shape index (κ1) is 12.2. The maximum absolute atomic E-state index is 8.86. The number of hydrogen-bond donors (Lipinski definition) is 1. The van der Waals surface area contributed by atoms with Gasteiger partial charge in [-0.3, -0.25) is 0 Å². The third-order valence-electron chi connectivity index (χ3n) is 2.82. The number of para-hydroxylation sites is 1. The van der Waals surface area contributed by atoms with Gasteiger partial charge in [0.1, 0.15) is 6.04 Å². The third kappa shape index (κ3) is 3.11. The van der Waals surface area contributed by atoms with Crippen molar-refractivity contribution in [1.29, 1.82) is 5.26 Å². The monoisotopic (exact) mass is 236 g/mol. The molecule has 1 N–H and O–H groups in total. The van der Waals surface area contributed by atoms with Gasteiger partial charge in [-0.1, -0.05) is 48.5 Å². The quantitative estimate of drug-likeness (QED) is 0.880. The van der Waals surface area contributed by atoms with Crippen molar-refractivity contribution in [2.24, 2.45) is 0 Å². The second-order valence-electron chi connectivity index (χ2n) is 4.31. The Morgan fingerprint density at radius 3 is 2.44 bits per heavy atom. The van der Waals surface area contributed by atoms with E-state index in [-0.39, 0.29) is 6.04 Å². The molecule has 0 amide bonds. The predicted molar refractivity (Wildman–Crippen MR) is 74.4 cm³/mol. The Morgan fingerprint density at radius 1 is 1.06 bits per heavy atom. The van der Waals surface area contributed by atoms with E-state index in [4.69, 9.17) is 5.26 Å². The van der Waals surface area contributed by atoms with Crippen LogP contribution < -0.4 is 5.32 Å². The van der Waals surface area contributed by atoms with Crippen LogP contribution in [0.3, 0.4) is 0 Å². The maximum Gasteiger partial charge on any atom is 0.111 e. The number of nitriles is 1. The first-order valence-corrected chi connectivity index (χ1v) is 6.07. The lowest BCUT2D eigenvalue weighted by molar-refractivity contribution is 1.00. The Labute approximate surface area is 108 Å². The summed E-state index contributed by atoms with van der Waals surface area (Å²) in [5, 5.41) is 12.1. The standard InChI is InChI=1S/C16H16N2/c1-13(12-17)18-16-10-6-5-9-15(16)11-14-7-3-2-4-8-14/h2-10,13,18H,11H2,1H3. The highest BCUT2D eigenvalue weighted by Gasteiger charge is 2.05. The summed E-state index contributed by atoms with van der Waals surface area (Å²) in [6.07, 6.45) is 0.877. The third-order valence-corrected chi connectivity index (χ3v) is 2.82. The molecule has 2 nitrogen and oxygen atoms in total. The highest BCUT2D eigenvalue weighted by molar-refractivity contribution is 5.54. The van der Waals surface area contributed by atoms with Gasteiger partial charge in [-0.2, -0.15) is 5.26 Å². The van der Waals surface area contributed by atoms with E-state index in [9.17, 15) is 0 Å². The van der Waals surface area contributed by atoms with Gasteiger partial charge in [0.25, 0.3) is 0 Å². The maximum atomic E-state index is 8.86. The molecule has 0 saturated heterocycles. The van der Waals surface area contributed by atoms with Gasteiger partial charge in [0.05, 0.1) is 6.07 Å². The zero-order valence-corrected chi connectivity index (χ0v) is 10.4. The fourth-order valence-corrected chi connectivity index (χ4v) is 1.90. The minimum absolute atomic E-state index is 0.179. The van der Waals surface area contributed by atoms with Gasteiger partial charge in [0, 0.05) is 5.69 Å². The highest BCUT2D eigenvalue weighted by Crippen LogP contribution is 2.19. The Hall–Kier alpha value is -2.27. The van der Waals surface area contributed by atoms with Crippen LogP contribution in [-0.4, -0.2) is 6.04 Å². The SMILES string of the molecule is CC(C#N)Nc1ccccc1Cc1ccccc1. The van der Waals surface area contributed by atoms with Gasteiger partial charge in [0.2, 0.25) is 0 Å². The topological polar surface area (TPSA) is 35.8 Å². The molecule has 0 aromatic heterocycles. The van der Waals surface area contributed by atoms with E-state index < -0.39 is 0 Å². The molecular formula is C16H16N2. The molecule has 2 rings (SSSR count). The summed E-state index contributed by atoms with van der Waals surface area (Å²) in [5.74, 6) is 0.